The van der Waals surface area contributed by atoms with Gasteiger partial charge in [-0.2, -0.15) is 0 Å². The molecule has 0 saturated carbocycles. The first-order valence-electron chi connectivity index (χ1n) is 5.76. The average molecular weight is 241 g/mol. The van der Waals surface area contributed by atoms with Crippen molar-refractivity contribution in [1.29, 1.82) is 0 Å². The lowest BCUT2D eigenvalue weighted by molar-refractivity contribution is 0.216. The van der Waals surface area contributed by atoms with Crippen molar-refractivity contribution in [3.63, 3.8) is 0 Å². The number of rotatable bonds is 6. The van der Waals surface area contributed by atoms with Gasteiger partial charge in [0.2, 0.25) is 0 Å². The van der Waals surface area contributed by atoms with Gasteiger partial charge in [0.25, 0.3) is 0 Å². The Balaban J connectivity index is 2.86. The van der Waals surface area contributed by atoms with Crippen molar-refractivity contribution in [2.24, 2.45) is 11.7 Å². The van der Waals surface area contributed by atoms with Crippen LogP contribution in [0.5, 0.6) is 5.75 Å². The summed E-state index contributed by atoms with van der Waals surface area (Å²) >= 11 is 0. The topological polar surface area (TPSA) is 55.5 Å². The number of methoxy groups -OCH3 is 1. The first-order chi connectivity index (χ1) is 8.12. The molecule has 0 bridgehead atoms. The Kier molecular flexibility index (Phi) is 5.38. The molecule has 0 amide bonds. The van der Waals surface area contributed by atoms with E-state index in [0.29, 0.717) is 18.7 Å². The van der Waals surface area contributed by atoms with Crippen LogP contribution >= 0.6 is 0 Å². The van der Waals surface area contributed by atoms with Gasteiger partial charge in [-0.1, -0.05) is 6.92 Å². The van der Waals surface area contributed by atoms with E-state index >= 15 is 0 Å². The lowest BCUT2D eigenvalue weighted by atomic mass is 9.90. The van der Waals surface area contributed by atoms with Gasteiger partial charge >= 0.3 is 0 Å². The zero-order valence-electron chi connectivity index (χ0n) is 10.3. The molecular weight excluding hydrogens is 221 g/mol. The number of hydrogen-bond donors (Lipinski definition) is 2. The number of hydrogen-bond acceptors (Lipinski definition) is 3. The van der Waals surface area contributed by atoms with Crippen LogP contribution in [-0.4, -0.2) is 25.4 Å². The second-order valence-corrected chi connectivity index (χ2v) is 4.31. The molecule has 0 saturated heterocycles. The van der Waals surface area contributed by atoms with Crippen LogP contribution in [0.4, 0.5) is 4.39 Å². The molecule has 0 fully saturated rings. The molecule has 96 valence electrons. The summed E-state index contributed by atoms with van der Waals surface area (Å²) in [5, 5.41) is 9.12. The standard InChI is InChI=1S/C13H20FNO2/c1-9(5-10(7-15)8-16)12-6-11(14)3-4-13(12)17-2/h3-4,6,9-10,16H,5,7-8,15H2,1-2H3. The third-order valence-electron chi connectivity index (χ3n) is 3.00. The van der Waals surface area contributed by atoms with E-state index in [-0.39, 0.29) is 24.3 Å². The molecule has 0 spiro atoms. The van der Waals surface area contributed by atoms with Crippen molar-refractivity contribution in [2.45, 2.75) is 19.3 Å². The van der Waals surface area contributed by atoms with E-state index in [9.17, 15) is 4.39 Å². The fourth-order valence-electron chi connectivity index (χ4n) is 1.96. The Hall–Kier alpha value is -1.13. The predicted molar refractivity (Wildman–Crippen MR) is 65.6 cm³/mol. The summed E-state index contributed by atoms with van der Waals surface area (Å²) in [6.45, 7) is 2.46. The number of nitrogens with two attached hydrogens (primary N) is 1. The third-order valence-corrected chi connectivity index (χ3v) is 3.00. The number of benzene rings is 1. The normalized spacial score (nSPS) is 14.4. The van der Waals surface area contributed by atoms with Crippen molar-refractivity contribution in [3.05, 3.63) is 29.6 Å². The summed E-state index contributed by atoms with van der Waals surface area (Å²) < 4.78 is 18.4. The molecule has 3 nitrogen and oxygen atoms in total. The Labute approximate surface area is 101 Å². The summed E-state index contributed by atoms with van der Waals surface area (Å²) in [4.78, 5) is 0. The zero-order chi connectivity index (χ0) is 12.8. The molecule has 0 aliphatic heterocycles. The molecule has 3 N–H and O–H groups in total. The van der Waals surface area contributed by atoms with Crippen molar-refractivity contribution >= 4 is 0 Å². The maximum atomic E-state index is 13.2. The minimum Gasteiger partial charge on any atom is -0.496 e. The van der Waals surface area contributed by atoms with Crippen molar-refractivity contribution in [2.75, 3.05) is 20.3 Å². The van der Waals surface area contributed by atoms with Gasteiger partial charge in [-0.05, 0) is 48.6 Å². The van der Waals surface area contributed by atoms with Crippen LogP contribution in [0.25, 0.3) is 0 Å². The molecule has 2 atom stereocenters. The number of halogens is 1. The summed E-state index contributed by atoms with van der Waals surface area (Å²) in [6.07, 6.45) is 0.715. The quantitative estimate of drug-likeness (QED) is 0.799. The van der Waals surface area contributed by atoms with Gasteiger partial charge in [-0.25, -0.2) is 4.39 Å². The smallest absolute Gasteiger partial charge is 0.123 e. The van der Waals surface area contributed by atoms with E-state index in [1.807, 2.05) is 6.92 Å². The maximum absolute atomic E-state index is 13.2. The highest BCUT2D eigenvalue weighted by molar-refractivity contribution is 5.36. The SMILES string of the molecule is COc1ccc(F)cc1C(C)CC(CN)CO. The van der Waals surface area contributed by atoms with Crippen molar-refractivity contribution in [1.82, 2.24) is 0 Å². The van der Waals surface area contributed by atoms with Gasteiger partial charge in [-0.3, -0.25) is 0 Å². The molecule has 0 heterocycles. The number of aliphatic hydroxyl groups excluding tert-OH is 1. The van der Waals surface area contributed by atoms with Crippen LogP contribution < -0.4 is 10.5 Å². The summed E-state index contributed by atoms with van der Waals surface area (Å²) in [5.41, 5.74) is 6.36. The molecule has 2 unspecified atom stereocenters. The second-order valence-electron chi connectivity index (χ2n) is 4.31. The molecule has 17 heavy (non-hydrogen) atoms. The highest BCUT2D eigenvalue weighted by Crippen LogP contribution is 2.31. The highest BCUT2D eigenvalue weighted by Gasteiger charge is 2.16. The molecular formula is C13H20FNO2. The van der Waals surface area contributed by atoms with Gasteiger partial charge in [0, 0.05) is 6.61 Å². The van der Waals surface area contributed by atoms with Crippen LogP contribution in [0, 0.1) is 11.7 Å². The van der Waals surface area contributed by atoms with E-state index in [1.165, 1.54) is 12.1 Å². The minimum absolute atomic E-state index is 0.0398. The monoisotopic (exact) mass is 241 g/mol. The van der Waals surface area contributed by atoms with Crippen LogP contribution in [0.3, 0.4) is 0 Å². The first kappa shape index (κ1) is 13.9. The molecule has 4 heteroatoms. The summed E-state index contributed by atoms with van der Waals surface area (Å²) in [5.74, 6) is 0.535. The second kappa shape index (κ2) is 6.57. The van der Waals surface area contributed by atoms with Gasteiger partial charge in [-0.15, -0.1) is 0 Å². The third kappa shape index (κ3) is 3.68. The van der Waals surface area contributed by atoms with Crippen molar-refractivity contribution in [3.8, 4) is 5.75 Å². The van der Waals surface area contributed by atoms with Crippen LogP contribution in [0.1, 0.15) is 24.8 Å². The Morgan fingerprint density at radius 1 is 1.47 bits per heavy atom. The summed E-state index contributed by atoms with van der Waals surface area (Å²) in [7, 11) is 1.57. The van der Waals surface area contributed by atoms with Crippen LogP contribution in [-0.2, 0) is 0 Å². The van der Waals surface area contributed by atoms with Crippen LogP contribution in [0.15, 0.2) is 18.2 Å². The highest BCUT2D eigenvalue weighted by atomic mass is 19.1. The van der Waals surface area contributed by atoms with Gasteiger partial charge < -0.3 is 15.6 Å². The van der Waals surface area contributed by atoms with Gasteiger partial charge in [0.1, 0.15) is 11.6 Å². The largest absolute Gasteiger partial charge is 0.496 e. The molecule has 1 rings (SSSR count). The van der Waals surface area contributed by atoms with Gasteiger partial charge in [0.05, 0.1) is 7.11 Å². The van der Waals surface area contributed by atoms with E-state index in [1.54, 1.807) is 13.2 Å². The van der Waals surface area contributed by atoms with E-state index in [2.05, 4.69) is 0 Å². The molecule has 0 aromatic heterocycles. The minimum atomic E-state index is -0.277. The summed E-state index contributed by atoms with van der Waals surface area (Å²) in [6, 6.07) is 4.48. The molecule has 1 aromatic rings. The van der Waals surface area contributed by atoms with E-state index in [4.69, 9.17) is 15.6 Å². The molecule has 0 aliphatic carbocycles. The lowest BCUT2D eigenvalue weighted by Crippen LogP contribution is -2.20. The number of ether oxygens (including phenoxy) is 1. The fourth-order valence-corrected chi connectivity index (χ4v) is 1.96. The molecule has 1 aromatic carbocycles. The van der Waals surface area contributed by atoms with Gasteiger partial charge in [0.15, 0.2) is 0 Å². The van der Waals surface area contributed by atoms with Crippen LogP contribution in [0.2, 0.25) is 0 Å². The maximum Gasteiger partial charge on any atom is 0.123 e. The molecule has 0 radical (unpaired) electrons. The van der Waals surface area contributed by atoms with E-state index in [0.717, 1.165) is 5.56 Å². The zero-order valence-corrected chi connectivity index (χ0v) is 10.3. The Morgan fingerprint density at radius 2 is 2.18 bits per heavy atom. The number of aliphatic hydroxyl groups is 1. The first-order valence-corrected chi connectivity index (χ1v) is 5.76. The fraction of sp³-hybridized carbons (Fsp3) is 0.538. The van der Waals surface area contributed by atoms with Crippen molar-refractivity contribution < 1.29 is 14.2 Å². The van der Waals surface area contributed by atoms with E-state index < -0.39 is 0 Å². The Bertz CT molecular complexity index is 353. The molecule has 0 aliphatic rings. The Morgan fingerprint density at radius 3 is 2.71 bits per heavy atom. The lowest BCUT2D eigenvalue weighted by Gasteiger charge is -2.20. The predicted octanol–water partition coefficient (Wildman–Crippen LogP) is 1.90. The average Bonchev–Trinajstić information content (AvgIpc) is 2.35.